The molecule has 0 aliphatic carbocycles. The molecule has 1 aliphatic heterocycles. The van der Waals surface area contributed by atoms with Crippen LogP contribution in [0.25, 0.3) is 11.3 Å². The Morgan fingerprint density at radius 2 is 1.62 bits per heavy atom. The molecule has 0 amide bonds. The van der Waals surface area contributed by atoms with Gasteiger partial charge in [-0.1, -0.05) is 25.5 Å². The van der Waals surface area contributed by atoms with Gasteiger partial charge in [-0.2, -0.15) is 4.31 Å². The lowest BCUT2D eigenvalue weighted by atomic mass is 10.1. The van der Waals surface area contributed by atoms with Crippen LogP contribution in [0.15, 0.2) is 65.7 Å². The highest BCUT2D eigenvalue weighted by molar-refractivity contribution is 7.89. The number of sulfonamides is 1. The standard InChI is InChI=1S/C26H32N4O3S/c1-3-5-6-21-7-13-24(14-8-21)34(31,32)30-19-17-29(18-20-30)26-27-16-15-25(28-26)22-9-11-23(12-10-22)33-4-2/h7-16H,3-6,17-20H2,1-2H3. The zero-order valence-corrected chi connectivity index (χ0v) is 20.7. The average molecular weight is 481 g/mol. The van der Waals surface area contributed by atoms with Crippen LogP contribution in [-0.4, -0.2) is 55.5 Å². The number of nitrogens with zero attached hydrogens (tertiary/aromatic N) is 4. The Morgan fingerprint density at radius 1 is 0.912 bits per heavy atom. The van der Waals surface area contributed by atoms with Crippen molar-refractivity contribution in [1.82, 2.24) is 14.3 Å². The van der Waals surface area contributed by atoms with Crippen LogP contribution in [0.4, 0.5) is 5.95 Å². The number of aromatic nitrogens is 2. The van der Waals surface area contributed by atoms with Crippen molar-refractivity contribution < 1.29 is 13.2 Å². The van der Waals surface area contributed by atoms with E-state index in [0.29, 0.717) is 43.6 Å². The van der Waals surface area contributed by atoms with Gasteiger partial charge in [-0.15, -0.1) is 0 Å². The van der Waals surface area contributed by atoms with Gasteiger partial charge in [0.05, 0.1) is 17.2 Å². The lowest BCUT2D eigenvalue weighted by Gasteiger charge is -2.34. The second-order valence-electron chi connectivity index (χ2n) is 8.34. The van der Waals surface area contributed by atoms with Gasteiger partial charge in [-0.3, -0.25) is 0 Å². The van der Waals surface area contributed by atoms with E-state index < -0.39 is 10.0 Å². The fourth-order valence-corrected chi connectivity index (χ4v) is 5.46. The molecule has 0 N–H and O–H groups in total. The van der Waals surface area contributed by atoms with Crippen molar-refractivity contribution in [1.29, 1.82) is 0 Å². The third kappa shape index (κ3) is 5.56. The van der Waals surface area contributed by atoms with Crippen molar-refractivity contribution in [3.8, 4) is 17.0 Å². The van der Waals surface area contributed by atoms with E-state index in [1.165, 1.54) is 5.56 Å². The molecule has 7 nitrogen and oxygen atoms in total. The van der Waals surface area contributed by atoms with Crippen LogP contribution in [0, 0.1) is 0 Å². The molecule has 1 aromatic heterocycles. The first-order valence-electron chi connectivity index (χ1n) is 11.9. The summed E-state index contributed by atoms with van der Waals surface area (Å²) in [5.41, 5.74) is 2.98. The van der Waals surface area contributed by atoms with E-state index in [9.17, 15) is 8.42 Å². The maximum atomic E-state index is 13.1. The van der Waals surface area contributed by atoms with Crippen LogP contribution >= 0.6 is 0 Å². The number of unbranched alkanes of at least 4 members (excludes halogenated alkanes) is 1. The van der Waals surface area contributed by atoms with Crippen LogP contribution in [0.5, 0.6) is 5.75 Å². The van der Waals surface area contributed by atoms with Gasteiger partial charge < -0.3 is 9.64 Å². The van der Waals surface area contributed by atoms with Crippen molar-refractivity contribution in [2.45, 2.75) is 38.0 Å². The van der Waals surface area contributed by atoms with E-state index >= 15 is 0 Å². The minimum atomic E-state index is -3.51. The first kappa shape index (κ1) is 24.2. The number of hydrogen-bond acceptors (Lipinski definition) is 6. The topological polar surface area (TPSA) is 75.6 Å². The minimum absolute atomic E-state index is 0.356. The van der Waals surface area contributed by atoms with Gasteiger partial charge >= 0.3 is 0 Å². The third-order valence-electron chi connectivity index (χ3n) is 6.01. The van der Waals surface area contributed by atoms with Gasteiger partial charge in [0.1, 0.15) is 5.75 Å². The summed E-state index contributed by atoms with van der Waals surface area (Å²) in [5, 5.41) is 0. The predicted octanol–water partition coefficient (Wildman–Crippen LogP) is 4.40. The van der Waals surface area contributed by atoms with Gasteiger partial charge in [0.15, 0.2) is 0 Å². The highest BCUT2D eigenvalue weighted by atomic mass is 32.2. The summed E-state index contributed by atoms with van der Waals surface area (Å²) in [6, 6.07) is 17.0. The number of aryl methyl sites for hydroxylation is 1. The first-order chi connectivity index (χ1) is 16.5. The van der Waals surface area contributed by atoms with Crippen molar-refractivity contribution >= 4 is 16.0 Å². The molecular formula is C26H32N4O3S. The van der Waals surface area contributed by atoms with E-state index in [2.05, 4.69) is 11.9 Å². The maximum absolute atomic E-state index is 13.1. The fraction of sp³-hybridized carbons (Fsp3) is 0.385. The zero-order chi connectivity index (χ0) is 24.0. The van der Waals surface area contributed by atoms with Crippen LogP contribution in [0.2, 0.25) is 0 Å². The van der Waals surface area contributed by atoms with E-state index in [4.69, 9.17) is 9.72 Å². The van der Waals surface area contributed by atoms with Crippen molar-refractivity contribution in [2.24, 2.45) is 0 Å². The molecule has 34 heavy (non-hydrogen) atoms. The van der Waals surface area contributed by atoms with E-state index in [1.807, 2.05) is 54.3 Å². The quantitative estimate of drug-likeness (QED) is 0.452. The monoisotopic (exact) mass is 480 g/mol. The highest BCUT2D eigenvalue weighted by Gasteiger charge is 2.29. The summed E-state index contributed by atoms with van der Waals surface area (Å²) in [6.45, 7) is 6.62. The Morgan fingerprint density at radius 3 is 2.26 bits per heavy atom. The Hall–Kier alpha value is -2.97. The van der Waals surface area contributed by atoms with Crippen LogP contribution in [0.3, 0.4) is 0 Å². The van der Waals surface area contributed by atoms with Crippen LogP contribution in [-0.2, 0) is 16.4 Å². The fourth-order valence-electron chi connectivity index (χ4n) is 4.04. The van der Waals surface area contributed by atoms with Crippen molar-refractivity contribution in [3.05, 3.63) is 66.4 Å². The molecule has 8 heteroatoms. The molecule has 0 bridgehead atoms. The molecule has 0 atom stereocenters. The molecule has 2 aromatic carbocycles. The summed E-state index contributed by atoms with van der Waals surface area (Å²) in [6.07, 6.45) is 4.95. The zero-order valence-electron chi connectivity index (χ0n) is 19.9. The summed E-state index contributed by atoms with van der Waals surface area (Å²) in [7, 11) is -3.51. The normalized spacial score (nSPS) is 14.8. The van der Waals surface area contributed by atoms with Gasteiger partial charge in [-0.25, -0.2) is 18.4 Å². The summed E-state index contributed by atoms with van der Waals surface area (Å²) in [4.78, 5) is 11.6. The smallest absolute Gasteiger partial charge is 0.243 e. The molecule has 2 heterocycles. The molecule has 1 saturated heterocycles. The Balaban J connectivity index is 1.41. The molecule has 0 saturated carbocycles. The molecular weight excluding hydrogens is 448 g/mol. The van der Waals surface area contributed by atoms with Crippen LogP contribution < -0.4 is 9.64 Å². The molecule has 1 fully saturated rings. The van der Waals surface area contributed by atoms with Crippen molar-refractivity contribution in [2.75, 3.05) is 37.7 Å². The minimum Gasteiger partial charge on any atom is -0.494 e. The predicted molar refractivity (Wildman–Crippen MR) is 135 cm³/mol. The number of rotatable bonds is 9. The van der Waals surface area contributed by atoms with Crippen molar-refractivity contribution in [3.63, 3.8) is 0 Å². The molecule has 3 aromatic rings. The molecule has 180 valence electrons. The SMILES string of the molecule is CCCCc1ccc(S(=O)(=O)N2CCN(c3nccc(-c4ccc(OCC)cc4)n3)CC2)cc1. The highest BCUT2D eigenvalue weighted by Crippen LogP contribution is 2.24. The summed E-state index contributed by atoms with van der Waals surface area (Å²) >= 11 is 0. The Kier molecular flexibility index (Phi) is 7.80. The molecule has 0 unspecified atom stereocenters. The second-order valence-corrected chi connectivity index (χ2v) is 10.3. The second kappa shape index (κ2) is 11.0. The van der Waals surface area contributed by atoms with E-state index in [0.717, 1.165) is 36.3 Å². The summed E-state index contributed by atoms with van der Waals surface area (Å²) in [5.74, 6) is 1.44. The van der Waals surface area contributed by atoms with Gasteiger partial charge in [0.25, 0.3) is 0 Å². The number of ether oxygens (including phenoxy) is 1. The number of anilines is 1. The van der Waals surface area contributed by atoms with E-state index in [-0.39, 0.29) is 0 Å². The lowest BCUT2D eigenvalue weighted by molar-refractivity contribution is 0.340. The largest absolute Gasteiger partial charge is 0.494 e. The Bertz CT molecular complexity index is 1170. The third-order valence-corrected chi connectivity index (χ3v) is 7.92. The molecule has 4 rings (SSSR count). The molecule has 0 spiro atoms. The van der Waals surface area contributed by atoms with Gasteiger partial charge in [0.2, 0.25) is 16.0 Å². The van der Waals surface area contributed by atoms with E-state index in [1.54, 1.807) is 22.6 Å². The maximum Gasteiger partial charge on any atom is 0.243 e. The average Bonchev–Trinajstić information content (AvgIpc) is 2.88. The van der Waals surface area contributed by atoms with Gasteiger partial charge in [-0.05, 0) is 67.8 Å². The Labute approximate surface area is 202 Å². The molecule has 0 radical (unpaired) electrons. The number of hydrogen-bond donors (Lipinski definition) is 0. The molecule has 1 aliphatic rings. The first-order valence-corrected chi connectivity index (χ1v) is 13.4. The number of piperazine rings is 1. The lowest BCUT2D eigenvalue weighted by Crippen LogP contribution is -2.49. The van der Waals surface area contributed by atoms with Gasteiger partial charge in [0, 0.05) is 37.9 Å². The summed E-state index contributed by atoms with van der Waals surface area (Å²) < 4.78 is 33.3. The number of benzene rings is 2. The van der Waals surface area contributed by atoms with Crippen LogP contribution in [0.1, 0.15) is 32.3 Å².